The number of alkyl halides is 3. The second-order valence-corrected chi connectivity index (χ2v) is 3.72. The van der Waals surface area contributed by atoms with Crippen LogP contribution in [0.15, 0.2) is 18.2 Å². The fraction of sp³-hybridized carbons (Fsp3) is 0.400. The van der Waals surface area contributed by atoms with Crippen molar-refractivity contribution >= 4 is 11.4 Å². The Labute approximate surface area is 100 Å². The quantitative estimate of drug-likeness (QED) is 0.646. The van der Waals surface area contributed by atoms with Crippen molar-refractivity contribution in [2.24, 2.45) is 0 Å². The minimum Gasteiger partial charge on any atom is -0.382 e. The van der Waals surface area contributed by atoms with Gasteiger partial charge >= 0.3 is 6.18 Å². The summed E-state index contributed by atoms with van der Waals surface area (Å²) < 4.78 is 36.2. The molecule has 1 unspecified atom stereocenters. The van der Waals surface area contributed by atoms with E-state index in [4.69, 9.17) is 5.11 Å². The normalized spacial score (nSPS) is 13.2. The summed E-state index contributed by atoms with van der Waals surface area (Å²) in [5.41, 5.74) is 0.267. The van der Waals surface area contributed by atoms with Gasteiger partial charge in [-0.3, -0.25) is 10.1 Å². The molecule has 8 heteroatoms. The van der Waals surface area contributed by atoms with E-state index in [1.54, 1.807) is 6.92 Å². The van der Waals surface area contributed by atoms with Crippen molar-refractivity contribution < 1.29 is 23.2 Å². The van der Waals surface area contributed by atoms with Crippen LogP contribution in [-0.4, -0.2) is 28.9 Å². The summed E-state index contributed by atoms with van der Waals surface area (Å²) in [5.74, 6) is 0. The predicted molar refractivity (Wildman–Crippen MR) is 58.4 cm³/mol. The van der Waals surface area contributed by atoms with Gasteiger partial charge in [-0.15, -0.1) is 0 Å². The summed E-state index contributed by atoms with van der Waals surface area (Å²) in [7, 11) is 0. The third-order valence-electron chi connectivity index (χ3n) is 2.21. The molecule has 0 aliphatic rings. The van der Waals surface area contributed by atoms with E-state index in [0.29, 0.717) is 5.56 Å². The summed E-state index contributed by atoms with van der Waals surface area (Å²) >= 11 is 0. The fourth-order valence-electron chi connectivity index (χ4n) is 1.27. The highest BCUT2D eigenvalue weighted by Crippen LogP contribution is 2.26. The van der Waals surface area contributed by atoms with E-state index in [-0.39, 0.29) is 11.4 Å². The monoisotopic (exact) mass is 264 g/mol. The van der Waals surface area contributed by atoms with Crippen LogP contribution in [0.2, 0.25) is 0 Å². The first-order valence-electron chi connectivity index (χ1n) is 4.95. The average molecular weight is 264 g/mol. The van der Waals surface area contributed by atoms with Gasteiger partial charge in [0, 0.05) is 12.6 Å². The van der Waals surface area contributed by atoms with Crippen molar-refractivity contribution in [3.63, 3.8) is 0 Å². The number of benzene rings is 1. The number of nitro groups is 1. The van der Waals surface area contributed by atoms with Crippen molar-refractivity contribution in [2.45, 2.75) is 19.2 Å². The van der Waals surface area contributed by atoms with Crippen LogP contribution in [0.4, 0.5) is 24.5 Å². The first-order valence-corrected chi connectivity index (χ1v) is 4.95. The summed E-state index contributed by atoms with van der Waals surface area (Å²) in [6, 6.07) is 4.02. The smallest absolute Gasteiger partial charge is 0.382 e. The highest BCUT2D eigenvalue weighted by molar-refractivity contribution is 5.62. The molecule has 0 aliphatic carbocycles. The summed E-state index contributed by atoms with van der Waals surface area (Å²) in [6.45, 7) is 0.808. The van der Waals surface area contributed by atoms with Crippen LogP contribution in [-0.2, 0) is 0 Å². The van der Waals surface area contributed by atoms with Gasteiger partial charge in [-0.1, -0.05) is 6.07 Å². The zero-order chi connectivity index (χ0) is 13.9. The Balaban J connectivity index is 2.84. The Morgan fingerprint density at radius 3 is 2.61 bits per heavy atom. The SMILES string of the molecule is Cc1ccc([N+](=O)[O-])c(NCC(O)C(F)(F)F)c1. The number of hydrogen-bond acceptors (Lipinski definition) is 4. The molecule has 1 aromatic carbocycles. The van der Waals surface area contributed by atoms with Gasteiger partial charge in [-0.2, -0.15) is 13.2 Å². The number of anilines is 1. The molecule has 18 heavy (non-hydrogen) atoms. The molecule has 0 bridgehead atoms. The second kappa shape index (κ2) is 5.21. The molecule has 0 saturated carbocycles. The van der Waals surface area contributed by atoms with Gasteiger partial charge in [0.25, 0.3) is 5.69 Å². The van der Waals surface area contributed by atoms with E-state index in [0.717, 1.165) is 0 Å². The van der Waals surface area contributed by atoms with E-state index in [2.05, 4.69) is 5.32 Å². The Morgan fingerprint density at radius 1 is 1.50 bits per heavy atom. The van der Waals surface area contributed by atoms with Gasteiger partial charge < -0.3 is 10.4 Å². The minimum atomic E-state index is -4.76. The summed E-state index contributed by atoms with van der Waals surface area (Å²) in [4.78, 5) is 9.95. The minimum absolute atomic E-state index is 0.0525. The number of halogens is 3. The van der Waals surface area contributed by atoms with E-state index in [9.17, 15) is 23.3 Å². The van der Waals surface area contributed by atoms with E-state index < -0.39 is 23.7 Å². The van der Waals surface area contributed by atoms with Crippen LogP contribution in [0.3, 0.4) is 0 Å². The number of hydrogen-bond donors (Lipinski definition) is 2. The molecule has 0 fully saturated rings. The van der Waals surface area contributed by atoms with Crippen LogP contribution in [0.1, 0.15) is 5.56 Å². The van der Waals surface area contributed by atoms with Gasteiger partial charge in [0.2, 0.25) is 0 Å². The molecule has 2 N–H and O–H groups in total. The first-order chi connectivity index (χ1) is 8.21. The van der Waals surface area contributed by atoms with Crippen molar-refractivity contribution in [3.05, 3.63) is 33.9 Å². The number of aliphatic hydroxyl groups is 1. The molecule has 0 heterocycles. The maximum Gasteiger partial charge on any atom is 0.416 e. The molecule has 0 radical (unpaired) electrons. The Bertz CT molecular complexity index is 448. The third-order valence-corrected chi connectivity index (χ3v) is 2.21. The van der Waals surface area contributed by atoms with Gasteiger partial charge in [0.1, 0.15) is 5.69 Å². The van der Waals surface area contributed by atoms with Crippen molar-refractivity contribution in [1.82, 2.24) is 0 Å². The number of rotatable bonds is 4. The first kappa shape index (κ1) is 14.2. The summed E-state index contributed by atoms with van der Waals surface area (Å²) in [5, 5.41) is 21.7. The lowest BCUT2D eigenvalue weighted by Crippen LogP contribution is -2.35. The van der Waals surface area contributed by atoms with E-state index in [1.807, 2.05) is 0 Å². The van der Waals surface area contributed by atoms with Gasteiger partial charge in [-0.25, -0.2) is 0 Å². The zero-order valence-electron chi connectivity index (χ0n) is 9.36. The molecule has 0 aliphatic heterocycles. The second-order valence-electron chi connectivity index (χ2n) is 3.72. The molecule has 1 rings (SSSR count). The molecular weight excluding hydrogens is 253 g/mol. The van der Waals surface area contributed by atoms with Crippen LogP contribution < -0.4 is 5.32 Å². The Kier molecular flexibility index (Phi) is 4.12. The highest BCUT2D eigenvalue weighted by Gasteiger charge is 2.38. The predicted octanol–water partition coefficient (Wildman–Crippen LogP) is 2.24. The number of nitro benzene ring substituents is 1. The fourth-order valence-corrected chi connectivity index (χ4v) is 1.27. The summed E-state index contributed by atoms with van der Waals surface area (Å²) in [6.07, 6.45) is -7.33. The maximum absolute atomic E-state index is 12.1. The zero-order valence-corrected chi connectivity index (χ0v) is 9.36. The largest absolute Gasteiger partial charge is 0.416 e. The molecule has 0 aromatic heterocycles. The standard InChI is InChI=1S/C10H11F3N2O3/c1-6-2-3-8(15(17)18)7(4-6)14-5-9(16)10(11,12)13/h2-4,9,14,16H,5H2,1H3. The number of nitrogens with zero attached hydrogens (tertiary/aromatic N) is 1. The molecule has 5 nitrogen and oxygen atoms in total. The van der Waals surface area contributed by atoms with Crippen molar-refractivity contribution in [2.75, 3.05) is 11.9 Å². The third kappa shape index (κ3) is 3.59. The molecule has 0 saturated heterocycles. The van der Waals surface area contributed by atoms with E-state index >= 15 is 0 Å². The average Bonchev–Trinajstić information content (AvgIpc) is 2.24. The van der Waals surface area contributed by atoms with Crippen molar-refractivity contribution in [3.8, 4) is 0 Å². The number of aryl methyl sites for hydroxylation is 1. The molecule has 0 amide bonds. The molecular formula is C10H11F3N2O3. The van der Waals surface area contributed by atoms with Crippen LogP contribution in [0.25, 0.3) is 0 Å². The lowest BCUT2D eigenvalue weighted by molar-refractivity contribution is -0.384. The van der Waals surface area contributed by atoms with Gasteiger partial charge in [-0.05, 0) is 18.6 Å². The van der Waals surface area contributed by atoms with Crippen molar-refractivity contribution in [1.29, 1.82) is 0 Å². The van der Waals surface area contributed by atoms with Crippen LogP contribution in [0.5, 0.6) is 0 Å². The van der Waals surface area contributed by atoms with Gasteiger partial charge in [0.05, 0.1) is 4.92 Å². The Hall–Kier alpha value is -1.83. The number of nitrogens with one attached hydrogen (secondary N) is 1. The Morgan fingerprint density at radius 2 is 2.11 bits per heavy atom. The van der Waals surface area contributed by atoms with E-state index in [1.165, 1.54) is 18.2 Å². The van der Waals surface area contributed by atoms with Crippen LogP contribution >= 0.6 is 0 Å². The number of aliphatic hydroxyl groups excluding tert-OH is 1. The maximum atomic E-state index is 12.1. The molecule has 1 aromatic rings. The highest BCUT2D eigenvalue weighted by atomic mass is 19.4. The molecule has 1 atom stereocenters. The van der Waals surface area contributed by atoms with Crippen LogP contribution in [0, 0.1) is 17.0 Å². The van der Waals surface area contributed by atoms with Gasteiger partial charge in [0.15, 0.2) is 6.10 Å². The lowest BCUT2D eigenvalue weighted by Gasteiger charge is -2.15. The molecule has 100 valence electrons. The lowest BCUT2D eigenvalue weighted by atomic mass is 10.2. The topological polar surface area (TPSA) is 75.4 Å². The molecule has 0 spiro atoms.